The molecule has 0 saturated heterocycles. The Labute approximate surface area is 146 Å². The van der Waals surface area contributed by atoms with Crippen molar-refractivity contribution >= 4 is 0 Å². The zero-order chi connectivity index (χ0) is 17.2. The molecular formula is C21H29NO2. The molecule has 1 atom stereocenters. The molecule has 0 amide bonds. The summed E-state index contributed by atoms with van der Waals surface area (Å²) in [5, 5.41) is 3.61. The van der Waals surface area contributed by atoms with E-state index in [1.807, 2.05) is 6.07 Å². The van der Waals surface area contributed by atoms with Crippen LogP contribution in [0.1, 0.15) is 30.9 Å². The normalized spacial score (nSPS) is 12.0. The molecule has 0 spiro atoms. The van der Waals surface area contributed by atoms with Crippen LogP contribution in [0.3, 0.4) is 0 Å². The molecule has 24 heavy (non-hydrogen) atoms. The fourth-order valence-corrected chi connectivity index (χ4v) is 2.88. The maximum Gasteiger partial charge on any atom is 0.160 e. The number of unbranched alkanes of at least 4 members (excludes halogenated alkanes) is 1. The number of ether oxygens (including phenoxy) is 2. The zero-order valence-electron chi connectivity index (χ0n) is 15.0. The Morgan fingerprint density at radius 3 is 2.33 bits per heavy atom. The predicted octanol–water partition coefficient (Wildman–Crippen LogP) is 4.25. The number of benzene rings is 2. The van der Waals surface area contributed by atoms with Gasteiger partial charge in [0.25, 0.3) is 0 Å². The minimum atomic E-state index is 0.444. The Morgan fingerprint density at radius 1 is 0.875 bits per heavy atom. The van der Waals surface area contributed by atoms with Gasteiger partial charge < -0.3 is 14.8 Å². The molecule has 1 N–H and O–H groups in total. The van der Waals surface area contributed by atoms with Crippen LogP contribution in [-0.2, 0) is 12.8 Å². The van der Waals surface area contributed by atoms with Crippen molar-refractivity contribution in [1.82, 2.24) is 5.32 Å². The lowest BCUT2D eigenvalue weighted by Crippen LogP contribution is -2.29. The van der Waals surface area contributed by atoms with Crippen LogP contribution in [-0.4, -0.2) is 26.8 Å². The van der Waals surface area contributed by atoms with Gasteiger partial charge in [-0.05, 0) is 62.4 Å². The van der Waals surface area contributed by atoms with Gasteiger partial charge in [0.1, 0.15) is 0 Å². The van der Waals surface area contributed by atoms with Crippen LogP contribution in [0.25, 0.3) is 0 Å². The van der Waals surface area contributed by atoms with Gasteiger partial charge in [0.15, 0.2) is 11.5 Å². The summed E-state index contributed by atoms with van der Waals surface area (Å²) in [6.45, 7) is 3.29. The quantitative estimate of drug-likeness (QED) is 0.662. The molecule has 0 aromatic heterocycles. The molecule has 0 fully saturated rings. The minimum absolute atomic E-state index is 0.444. The Morgan fingerprint density at radius 2 is 1.62 bits per heavy atom. The van der Waals surface area contributed by atoms with E-state index in [0.29, 0.717) is 6.04 Å². The van der Waals surface area contributed by atoms with Gasteiger partial charge in [0.2, 0.25) is 0 Å². The van der Waals surface area contributed by atoms with Crippen molar-refractivity contribution < 1.29 is 9.47 Å². The summed E-state index contributed by atoms with van der Waals surface area (Å²) in [5.74, 6) is 1.58. The van der Waals surface area contributed by atoms with Crippen LogP contribution in [0, 0.1) is 0 Å². The van der Waals surface area contributed by atoms with E-state index in [9.17, 15) is 0 Å². The third-order valence-corrected chi connectivity index (χ3v) is 4.22. The smallest absolute Gasteiger partial charge is 0.160 e. The van der Waals surface area contributed by atoms with Crippen LogP contribution in [0.4, 0.5) is 0 Å². The van der Waals surface area contributed by atoms with Crippen molar-refractivity contribution in [1.29, 1.82) is 0 Å². The zero-order valence-corrected chi connectivity index (χ0v) is 15.0. The summed E-state index contributed by atoms with van der Waals surface area (Å²) in [6, 6.07) is 17.3. The highest BCUT2D eigenvalue weighted by molar-refractivity contribution is 5.43. The van der Waals surface area contributed by atoms with Crippen LogP contribution < -0.4 is 14.8 Å². The number of hydrogen-bond acceptors (Lipinski definition) is 3. The van der Waals surface area contributed by atoms with E-state index in [4.69, 9.17) is 9.47 Å². The summed E-state index contributed by atoms with van der Waals surface area (Å²) in [5.41, 5.74) is 2.69. The molecule has 2 rings (SSSR count). The summed E-state index contributed by atoms with van der Waals surface area (Å²) < 4.78 is 10.7. The first-order chi connectivity index (χ1) is 11.7. The number of methoxy groups -OCH3 is 2. The average Bonchev–Trinajstić information content (AvgIpc) is 2.62. The molecule has 0 bridgehead atoms. The minimum Gasteiger partial charge on any atom is -0.493 e. The molecule has 1 unspecified atom stereocenters. The topological polar surface area (TPSA) is 30.5 Å². The molecule has 0 aliphatic rings. The van der Waals surface area contributed by atoms with Crippen molar-refractivity contribution in [3.05, 3.63) is 59.7 Å². The van der Waals surface area contributed by atoms with E-state index in [-0.39, 0.29) is 0 Å². The molecule has 2 aromatic rings. The van der Waals surface area contributed by atoms with E-state index in [1.54, 1.807) is 14.2 Å². The maximum atomic E-state index is 5.37. The van der Waals surface area contributed by atoms with Crippen molar-refractivity contribution in [3.63, 3.8) is 0 Å². The first-order valence-electron chi connectivity index (χ1n) is 8.71. The first-order valence-corrected chi connectivity index (χ1v) is 8.71. The average molecular weight is 327 g/mol. The molecule has 0 saturated carbocycles. The molecule has 130 valence electrons. The number of hydrogen-bond donors (Lipinski definition) is 1. The Hall–Kier alpha value is -2.00. The highest BCUT2D eigenvalue weighted by Crippen LogP contribution is 2.27. The van der Waals surface area contributed by atoms with E-state index in [2.05, 4.69) is 54.7 Å². The van der Waals surface area contributed by atoms with Crippen molar-refractivity contribution in [2.45, 2.75) is 38.6 Å². The molecular weight excluding hydrogens is 298 g/mol. The Bertz CT molecular complexity index is 598. The first kappa shape index (κ1) is 18.3. The number of aryl methyl sites for hydroxylation is 1. The largest absolute Gasteiger partial charge is 0.493 e. The molecule has 0 aliphatic heterocycles. The lowest BCUT2D eigenvalue weighted by molar-refractivity contribution is 0.354. The van der Waals surface area contributed by atoms with Gasteiger partial charge in [-0.3, -0.25) is 0 Å². The monoisotopic (exact) mass is 327 g/mol. The summed E-state index contributed by atoms with van der Waals surface area (Å²) >= 11 is 0. The van der Waals surface area contributed by atoms with Gasteiger partial charge in [-0.1, -0.05) is 36.4 Å². The lowest BCUT2D eigenvalue weighted by Gasteiger charge is -2.15. The highest BCUT2D eigenvalue weighted by Gasteiger charge is 2.07. The molecule has 0 radical (unpaired) electrons. The molecule has 0 aliphatic carbocycles. The lowest BCUT2D eigenvalue weighted by atomic mass is 10.1. The molecule has 2 aromatic carbocycles. The third kappa shape index (κ3) is 5.89. The van der Waals surface area contributed by atoms with Crippen molar-refractivity contribution in [2.24, 2.45) is 0 Å². The standard InChI is InChI=1S/C21H29NO2/c1-17(15-19-12-13-20(23-2)21(16-19)24-3)22-14-8-7-11-18-9-5-4-6-10-18/h4-6,9-10,12-13,16-17,22H,7-8,11,14-15H2,1-3H3. The summed E-state index contributed by atoms with van der Waals surface area (Å²) in [6.07, 6.45) is 4.57. The number of rotatable bonds is 10. The van der Waals surface area contributed by atoms with E-state index in [1.165, 1.54) is 24.0 Å². The van der Waals surface area contributed by atoms with Gasteiger partial charge >= 0.3 is 0 Å². The summed E-state index contributed by atoms with van der Waals surface area (Å²) in [4.78, 5) is 0. The Balaban J connectivity index is 1.68. The fraction of sp³-hybridized carbons (Fsp3) is 0.429. The van der Waals surface area contributed by atoms with E-state index < -0.39 is 0 Å². The van der Waals surface area contributed by atoms with Gasteiger partial charge in [-0.25, -0.2) is 0 Å². The van der Waals surface area contributed by atoms with E-state index in [0.717, 1.165) is 30.9 Å². The van der Waals surface area contributed by atoms with Crippen LogP contribution in [0.5, 0.6) is 11.5 Å². The molecule has 3 heteroatoms. The second-order valence-electron chi connectivity index (χ2n) is 6.19. The van der Waals surface area contributed by atoms with Gasteiger partial charge in [-0.2, -0.15) is 0 Å². The van der Waals surface area contributed by atoms with Crippen molar-refractivity contribution in [3.8, 4) is 11.5 Å². The van der Waals surface area contributed by atoms with Gasteiger partial charge in [0.05, 0.1) is 14.2 Å². The van der Waals surface area contributed by atoms with E-state index >= 15 is 0 Å². The Kier molecular flexibility index (Phi) is 7.63. The molecule has 3 nitrogen and oxygen atoms in total. The van der Waals surface area contributed by atoms with Crippen LogP contribution >= 0.6 is 0 Å². The SMILES string of the molecule is COc1ccc(CC(C)NCCCCc2ccccc2)cc1OC. The highest BCUT2D eigenvalue weighted by atomic mass is 16.5. The van der Waals surface area contributed by atoms with Crippen LogP contribution in [0.15, 0.2) is 48.5 Å². The molecule has 0 heterocycles. The number of nitrogens with one attached hydrogen (secondary N) is 1. The fourth-order valence-electron chi connectivity index (χ4n) is 2.88. The second-order valence-corrected chi connectivity index (χ2v) is 6.19. The second kappa shape index (κ2) is 9.99. The predicted molar refractivity (Wildman–Crippen MR) is 100 cm³/mol. The maximum absolute atomic E-state index is 5.37. The third-order valence-electron chi connectivity index (χ3n) is 4.22. The summed E-state index contributed by atoms with van der Waals surface area (Å²) in [7, 11) is 3.34. The van der Waals surface area contributed by atoms with Crippen molar-refractivity contribution in [2.75, 3.05) is 20.8 Å². The van der Waals surface area contributed by atoms with Gasteiger partial charge in [0, 0.05) is 6.04 Å². The van der Waals surface area contributed by atoms with Crippen LogP contribution in [0.2, 0.25) is 0 Å². The van der Waals surface area contributed by atoms with Gasteiger partial charge in [-0.15, -0.1) is 0 Å².